The summed E-state index contributed by atoms with van der Waals surface area (Å²) in [4.78, 5) is 11.6. The Hall–Kier alpha value is -1.36. The molecule has 1 aromatic rings. The van der Waals surface area contributed by atoms with E-state index in [0.717, 1.165) is 61.8 Å². The summed E-state index contributed by atoms with van der Waals surface area (Å²) in [5.74, 6) is 2.79. The predicted octanol–water partition coefficient (Wildman–Crippen LogP) is 2.52. The first-order valence-corrected chi connectivity index (χ1v) is 8.05. The molecule has 1 aliphatic heterocycles. The lowest BCUT2D eigenvalue weighted by molar-refractivity contribution is 0.0446. The van der Waals surface area contributed by atoms with Gasteiger partial charge < -0.3 is 15.3 Å². The molecule has 2 N–H and O–H groups in total. The fraction of sp³-hybridized carbons (Fsp3) is 0.750. The molecule has 1 atom stereocenters. The lowest BCUT2D eigenvalue weighted by atomic mass is 9.95. The molecule has 0 radical (unpaired) electrons. The molecule has 0 bridgehead atoms. The first kappa shape index (κ1) is 16.0. The highest BCUT2D eigenvalue weighted by Crippen LogP contribution is 2.29. The summed E-state index contributed by atoms with van der Waals surface area (Å²) in [7, 11) is 0. The Morgan fingerprint density at radius 3 is 2.71 bits per heavy atom. The van der Waals surface area contributed by atoms with Crippen molar-refractivity contribution in [3.8, 4) is 0 Å². The fourth-order valence-electron chi connectivity index (χ4n) is 2.93. The number of rotatable bonds is 5. The Kier molecular flexibility index (Phi) is 5.04. The van der Waals surface area contributed by atoms with Crippen LogP contribution in [0.15, 0.2) is 0 Å². The molecule has 21 heavy (non-hydrogen) atoms. The van der Waals surface area contributed by atoms with Crippen LogP contribution in [0.25, 0.3) is 0 Å². The number of β-amino-alcohol motifs (C(OH)–C–C–N with tert-alkyl or cyclic N) is 1. The van der Waals surface area contributed by atoms with Crippen molar-refractivity contribution in [2.75, 3.05) is 29.9 Å². The second-order valence-electron chi connectivity index (χ2n) is 6.24. The molecule has 118 valence electrons. The maximum absolute atomic E-state index is 10.3. The van der Waals surface area contributed by atoms with Gasteiger partial charge in [0, 0.05) is 31.6 Å². The van der Waals surface area contributed by atoms with Crippen LogP contribution in [0.1, 0.15) is 51.4 Å². The van der Waals surface area contributed by atoms with Gasteiger partial charge in [0.25, 0.3) is 0 Å². The third kappa shape index (κ3) is 3.84. The number of piperidine rings is 1. The Balaban J connectivity index is 2.36. The van der Waals surface area contributed by atoms with E-state index >= 15 is 0 Å². The maximum atomic E-state index is 10.3. The average Bonchev–Trinajstić information content (AvgIpc) is 2.41. The molecule has 2 rings (SSSR count). The van der Waals surface area contributed by atoms with Crippen LogP contribution in [-0.4, -0.2) is 40.3 Å². The van der Waals surface area contributed by atoms with Gasteiger partial charge in [0.15, 0.2) is 0 Å². The van der Waals surface area contributed by atoms with Crippen LogP contribution in [0.5, 0.6) is 0 Å². The van der Waals surface area contributed by atoms with Crippen molar-refractivity contribution in [1.29, 1.82) is 0 Å². The average molecular weight is 292 g/mol. The number of aliphatic hydroxyl groups is 1. The largest absolute Gasteiger partial charge is 0.388 e. The minimum atomic E-state index is -0.626. The predicted molar refractivity (Wildman–Crippen MR) is 87.0 cm³/mol. The SMILES string of the molecule is CCCc1nc(NCC)c(C)c(N2CCCC(C)(O)C2)n1. The first-order chi connectivity index (χ1) is 9.96. The molecule has 0 aromatic carbocycles. The van der Waals surface area contributed by atoms with E-state index in [2.05, 4.69) is 36.0 Å². The van der Waals surface area contributed by atoms with Gasteiger partial charge in [0.1, 0.15) is 17.5 Å². The first-order valence-electron chi connectivity index (χ1n) is 8.05. The van der Waals surface area contributed by atoms with Crippen molar-refractivity contribution in [3.05, 3.63) is 11.4 Å². The maximum Gasteiger partial charge on any atom is 0.137 e. The van der Waals surface area contributed by atoms with Crippen molar-refractivity contribution < 1.29 is 5.11 Å². The number of hydrogen-bond donors (Lipinski definition) is 2. The summed E-state index contributed by atoms with van der Waals surface area (Å²) >= 11 is 0. The van der Waals surface area contributed by atoms with Gasteiger partial charge in [-0.15, -0.1) is 0 Å². The van der Waals surface area contributed by atoms with Crippen molar-refractivity contribution in [2.24, 2.45) is 0 Å². The molecule has 1 saturated heterocycles. The minimum Gasteiger partial charge on any atom is -0.388 e. The lowest BCUT2D eigenvalue weighted by Crippen LogP contribution is -2.46. The second kappa shape index (κ2) is 6.60. The summed E-state index contributed by atoms with van der Waals surface area (Å²) in [5, 5.41) is 13.7. The molecule has 1 fully saturated rings. The zero-order chi connectivity index (χ0) is 15.5. The number of anilines is 2. The molecule has 1 aromatic heterocycles. The molecule has 1 aliphatic rings. The number of aryl methyl sites for hydroxylation is 1. The molecule has 5 nitrogen and oxygen atoms in total. The van der Waals surface area contributed by atoms with Gasteiger partial charge in [-0.3, -0.25) is 0 Å². The number of nitrogens with zero attached hydrogens (tertiary/aromatic N) is 3. The van der Waals surface area contributed by atoms with Crippen LogP contribution in [0, 0.1) is 6.92 Å². The van der Waals surface area contributed by atoms with Crippen LogP contribution in [-0.2, 0) is 6.42 Å². The number of aromatic nitrogens is 2. The Morgan fingerprint density at radius 2 is 2.10 bits per heavy atom. The van der Waals surface area contributed by atoms with E-state index in [0.29, 0.717) is 6.54 Å². The van der Waals surface area contributed by atoms with E-state index in [4.69, 9.17) is 4.98 Å². The van der Waals surface area contributed by atoms with Crippen molar-refractivity contribution in [2.45, 2.75) is 59.0 Å². The van der Waals surface area contributed by atoms with Crippen LogP contribution in [0.4, 0.5) is 11.6 Å². The third-order valence-corrected chi connectivity index (χ3v) is 3.96. The summed E-state index contributed by atoms with van der Waals surface area (Å²) in [6.07, 6.45) is 3.77. The fourth-order valence-corrected chi connectivity index (χ4v) is 2.93. The van der Waals surface area contributed by atoms with E-state index in [1.807, 2.05) is 6.92 Å². The standard InChI is InChI=1S/C16H28N4O/c1-5-8-13-18-14(17-6-2)12(3)15(19-13)20-10-7-9-16(4,21)11-20/h21H,5-11H2,1-4H3,(H,17,18,19). The molecule has 0 saturated carbocycles. The molecular formula is C16H28N4O. The van der Waals surface area contributed by atoms with Gasteiger partial charge in [-0.2, -0.15) is 0 Å². The monoisotopic (exact) mass is 292 g/mol. The van der Waals surface area contributed by atoms with E-state index in [1.54, 1.807) is 0 Å². The zero-order valence-corrected chi connectivity index (χ0v) is 13.7. The van der Waals surface area contributed by atoms with Gasteiger partial charge in [-0.25, -0.2) is 9.97 Å². The van der Waals surface area contributed by atoms with Gasteiger partial charge in [0.05, 0.1) is 5.60 Å². The Morgan fingerprint density at radius 1 is 1.33 bits per heavy atom. The van der Waals surface area contributed by atoms with E-state index in [-0.39, 0.29) is 0 Å². The lowest BCUT2D eigenvalue weighted by Gasteiger charge is -2.38. The smallest absolute Gasteiger partial charge is 0.137 e. The van der Waals surface area contributed by atoms with Crippen molar-refractivity contribution in [1.82, 2.24) is 9.97 Å². The third-order valence-electron chi connectivity index (χ3n) is 3.96. The van der Waals surface area contributed by atoms with E-state index in [1.165, 1.54) is 0 Å². The molecule has 0 aliphatic carbocycles. The van der Waals surface area contributed by atoms with Crippen LogP contribution in [0.3, 0.4) is 0 Å². The molecule has 0 spiro atoms. The number of nitrogens with one attached hydrogen (secondary N) is 1. The Labute approximate surface area is 127 Å². The van der Waals surface area contributed by atoms with Gasteiger partial charge in [-0.1, -0.05) is 6.92 Å². The number of hydrogen-bond acceptors (Lipinski definition) is 5. The summed E-state index contributed by atoms with van der Waals surface area (Å²) in [6.45, 7) is 10.6. The highest BCUT2D eigenvalue weighted by molar-refractivity contribution is 5.59. The van der Waals surface area contributed by atoms with Crippen LogP contribution in [0.2, 0.25) is 0 Å². The quantitative estimate of drug-likeness (QED) is 0.873. The molecule has 2 heterocycles. The van der Waals surface area contributed by atoms with Gasteiger partial charge in [-0.05, 0) is 40.0 Å². The second-order valence-corrected chi connectivity index (χ2v) is 6.24. The minimum absolute atomic E-state index is 0.626. The Bertz CT molecular complexity index is 487. The molecule has 1 unspecified atom stereocenters. The highest BCUT2D eigenvalue weighted by Gasteiger charge is 2.30. The van der Waals surface area contributed by atoms with E-state index < -0.39 is 5.60 Å². The van der Waals surface area contributed by atoms with Gasteiger partial charge >= 0.3 is 0 Å². The summed E-state index contributed by atoms with van der Waals surface area (Å²) < 4.78 is 0. The van der Waals surface area contributed by atoms with Crippen molar-refractivity contribution >= 4 is 11.6 Å². The summed E-state index contributed by atoms with van der Waals surface area (Å²) in [6, 6.07) is 0. The normalized spacial score (nSPS) is 22.4. The molecule has 5 heteroatoms. The van der Waals surface area contributed by atoms with E-state index in [9.17, 15) is 5.11 Å². The van der Waals surface area contributed by atoms with Crippen LogP contribution >= 0.6 is 0 Å². The van der Waals surface area contributed by atoms with Gasteiger partial charge in [0.2, 0.25) is 0 Å². The topological polar surface area (TPSA) is 61.3 Å². The highest BCUT2D eigenvalue weighted by atomic mass is 16.3. The zero-order valence-electron chi connectivity index (χ0n) is 13.7. The molecular weight excluding hydrogens is 264 g/mol. The van der Waals surface area contributed by atoms with Crippen LogP contribution < -0.4 is 10.2 Å². The summed E-state index contributed by atoms with van der Waals surface area (Å²) in [5.41, 5.74) is 0.452. The molecule has 0 amide bonds. The van der Waals surface area contributed by atoms with Crippen molar-refractivity contribution in [3.63, 3.8) is 0 Å².